The van der Waals surface area contributed by atoms with Gasteiger partial charge in [0, 0.05) is 64.7 Å². The number of amides is 1. The van der Waals surface area contributed by atoms with E-state index in [1.807, 2.05) is 11.8 Å². The SMILES string of the molecule is C=NC(C(=O)N1CCC(N2CC3CC(N(C)S(C)(=O)=O)CC3C2)CC1)C(C)C(=NC)N/N=C1/CCCC(c2ccc(C)cc2)O1. The molecule has 3 saturated heterocycles. The van der Waals surface area contributed by atoms with Crippen molar-refractivity contribution in [2.75, 3.05) is 46.5 Å². The fourth-order valence-corrected chi connectivity index (χ4v) is 8.42. The number of hydrogen-bond acceptors (Lipinski definition) is 8. The van der Waals surface area contributed by atoms with Gasteiger partial charge in [0.1, 0.15) is 18.0 Å². The smallest absolute Gasteiger partial charge is 0.248 e. The van der Waals surface area contributed by atoms with Gasteiger partial charge in [-0.15, -0.1) is 5.10 Å². The van der Waals surface area contributed by atoms with Gasteiger partial charge in [0.25, 0.3) is 0 Å². The van der Waals surface area contributed by atoms with Crippen molar-refractivity contribution < 1.29 is 17.9 Å². The predicted octanol–water partition coefficient (Wildman–Crippen LogP) is 3.47. The first-order chi connectivity index (χ1) is 21.5. The van der Waals surface area contributed by atoms with Crippen LogP contribution in [0.3, 0.4) is 0 Å². The van der Waals surface area contributed by atoms with Gasteiger partial charge in [-0.3, -0.25) is 25.1 Å². The Morgan fingerprint density at radius 3 is 2.33 bits per heavy atom. The fraction of sp³-hybridized carbons (Fsp3) is 0.697. The molecule has 3 aliphatic heterocycles. The number of carbonyl (C=O) groups excluding carboxylic acids is 1. The Morgan fingerprint density at radius 2 is 1.76 bits per heavy atom. The van der Waals surface area contributed by atoms with E-state index in [1.165, 1.54) is 11.8 Å². The second-order valence-corrected chi connectivity index (χ2v) is 15.5. The number of nitrogens with zero attached hydrogens (tertiary/aromatic N) is 6. The number of nitrogens with one attached hydrogen (secondary N) is 1. The molecule has 0 aromatic heterocycles. The van der Waals surface area contributed by atoms with Crippen molar-refractivity contribution >= 4 is 34.4 Å². The summed E-state index contributed by atoms with van der Waals surface area (Å²) in [6.07, 6.45) is 7.68. The molecule has 4 aliphatic rings. The van der Waals surface area contributed by atoms with Crippen molar-refractivity contribution in [2.45, 2.75) is 83.0 Å². The van der Waals surface area contributed by atoms with E-state index in [4.69, 9.17) is 4.74 Å². The van der Waals surface area contributed by atoms with Crippen molar-refractivity contribution in [1.82, 2.24) is 19.5 Å². The number of ether oxygens (including phenoxy) is 1. The maximum atomic E-state index is 13.7. The Balaban J connectivity index is 1.11. The molecule has 45 heavy (non-hydrogen) atoms. The average molecular weight is 642 g/mol. The van der Waals surface area contributed by atoms with Gasteiger partial charge in [-0.05, 0) is 69.6 Å². The zero-order valence-corrected chi connectivity index (χ0v) is 28.4. The van der Waals surface area contributed by atoms with Crippen LogP contribution in [0.1, 0.15) is 69.1 Å². The number of rotatable bonds is 9. The zero-order valence-electron chi connectivity index (χ0n) is 27.6. The molecule has 1 aliphatic carbocycles. The summed E-state index contributed by atoms with van der Waals surface area (Å²) in [6.45, 7) is 11.2. The van der Waals surface area contributed by atoms with Crippen LogP contribution in [0, 0.1) is 24.7 Å². The van der Waals surface area contributed by atoms with Gasteiger partial charge >= 0.3 is 0 Å². The quantitative estimate of drug-likeness (QED) is 0.251. The van der Waals surface area contributed by atoms with Crippen LogP contribution in [0.25, 0.3) is 0 Å². The number of hydrogen-bond donors (Lipinski definition) is 1. The average Bonchev–Trinajstić information content (AvgIpc) is 3.61. The summed E-state index contributed by atoms with van der Waals surface area (Å²) in [5, 5.41) is 4.55. The van der Waals surface area contributed by atoms with Crippen LogP contribution in [0.5, 0.6) is 0 Å². The van der Waals surface area contributed by atoms with E-state index in [-0.39, 0.29) is 24.0 Å². The highest BCUT2D eigenvalue weighted by Crippen LogP contribution is 2.42. The molecule has 1 aromatic carbocycles. The second-order valence-electron chi connectivity index (χ2n) is 13.5. The molecule has 4 fully saturated rings. The molecule has 5 unspecified atom stereocenters. The molecule has 1 amide bonds. The van der Waals surface area contributed by atoms with Gasteiger partial charge in [-0.1, -0.05) is 36.8 Å². The van der Waals surface area contributed by atoms with Crippen LogP contribution in [0.2, 0.25) is 0 Å². The van der Waals surface area contributed by atoms with E-state index in [0.717, 1.165) is 63.6 Å². The number of benzene rings is 1. The highest BCUT2D eigenvalue weighted by Gasteiger charge is 2.45. The summed E-state index contributed by atoms with van der Waals surface area (Å²) >= 11 is 0. The van der Waals surface area contributed by atoms with Gasteiger partial charge in [-0.25, -0.2) is 12.7 Å². The van der Waals surface area contributed by atoms with E-state index in [9.17, 15) is 13.2 Å². The van der Waals surface area contributed by atoms with E-state index in [0.29, 0.717) is 42.7 Å². The fourth-order valence-electron chi connectivity index (χ4n) is 7.70. The number of aliphatic imine (C=N–C) groups is 2. The number of hydrazone groups is 1. The third-order valence-electron chi connectivity index (χ3n) is 10.6. The third-order valence-corrected chi connectivity index (χ3v) is 11.9. The first kappa shape index (κ1) is 33.5. The highest BCUT2D eigenvalue weighted by atomic mass is 32.2. The van der Waals surface area contributed by atoms with Crippen LogP contribution in [0.4, 0.5) is 0 Å². The molecule has 12 heteroatoms. The standard InChI is InChI=1S/C33H51N7O4S/c1-22-10-12-24(13-11-22)29-8-7-9-30(44-29)36-37-32(35-4)23(2)31(34-3)33(41)39-16-14-27(15-17-39)40-20-25-18-28(19-26(25)21-40)38(5)45(6,42)43/h10-13,23,25-29,31H,3,7-9,14-21H2,1-2,4-6H3,(H,35,37)/b36-30-. The molecule has 1 saturated carbocycles. The lowest BCUT2D eigenvalue weighted by molar-refractivity contribution is -0.134. The number of aryl methyl sites for hydroxylation is 1. The Kier molecular flexibility index (Phi) is 10.7. The molecule has 0 bridgehead atoms. The van der Waals surface area contributed by atoms with Crippen LogP contribution in [-0.2, 0) is 19.6 Å². The lowest BCUT2D eigenvalue weighted by Gasteiger charge is -2.38. The topological polar surface area (TPSA) is 119 Å². The number of amidine groups is 1. The number of fused-ring (bicyclic) bond motifs is 1. The van der Waals surface area contributed by atoms with Gasteiger partial charge < -0.3 is 9.64 Å². The Morgan fingerprint density at radius 1 is 1.11 bits per heavy atom. The Bertz CT molecular complexity index is 1360. The summed E-state index contributed by atoms with van der Waals surface area (Å²) in [7, 11) is 0.242. The number of likely N-dealkylation sites (tertiary alicyclic amines) is 2. The van der Waals surface area contributed by atoms with E-state index in [1.54, 1.807) is 18.4 Å². The van der Waals surface area contributed by atoms with Gasteiger partial charge in [0.15, 0.2) is 0 Å². The number of carbonyl (C=O) groups is 1. The first-order valence-corrected chi connectivity index (χ1v) is 18.3. The molecule has 248 valence electrons. The maximum Gasteiger partial charge on any atom is 0.248 e. The maximum absolute atomic E-state index is 13.7. The molecule has 3 heterocycles. The summed E-state index contributed by atoms with van der Waals surface area (Å²) < 4.78 is 31.8. The zero-order chi connectivity index (χ0) is 32.3. The Labute approximate surface area is 269 Å². The largest absolute Gasteiger partial charge is 0.472 e. The lowest BCUT2D eigenvalue weighted by Crippen LogP contribution is -2.51. The van der Waals surface area contributed by atoms with Crippen molar-refractivity contribution in [3.05, 3.63) is 35.4 Å². The first-order valence-electron chi connectivity index (χ1n) is 16.4. The molecule has 1 N–H and O–H groups in total. The molecular formula is C33H51N7O4S. The van der Waals surface area contributed by atoms with Crippen LogP contribution in [-0.4, -0.2) is 112 Å². The predicted molar refractivity (Wildman–Crippen MR) is 179 cm³/mol. The minimum Gasteiger partial charge on any atom is -0.472 e. The van der Waals surface area contributed by atoms with Crippen molar-refractivity contribution in [1.29, 1.82) is 0 Å². The minimum atomic E-state index is -3.16. The summed E-state index contributed by atoms with van der Waals surface area (Å²) in [6, 6.07) is 8.33. The van der Waals surface area contributed by atoms with Crippen molar-refractivity contribution in [2.24, 2.45) is 32.8 Å². The lowest BCUT2D eigenvalue weighted by atomic mass is 9.97. The van der Waals surface area contributed by atoms with E-state index >= 15 is 0 Å². The molecule has 0 radical (unpaired) electrons. The third kappa shape index (κ3) is 7.77. The monoisotopic (exact) mass is 641 g/mol. The van der Waals surface area contributed by atoms with Crippen LogP contribution >= 0.6 is 0 Å². The van der Waals surface area contributed by atoms with Gasteiger partial charge in [0.05, 0.1) is 6.26 Å². The number of piperidine rings is 1. The van der Waals surface area contributed by atoms with Crippen molar-refractivity contribution in [3.63, 3.8) is 0 Å². The second kappa shape index (κ2) is 14.3. The van der Waals surface area contributed by atoms with E-state index < -0.39 is 16.1 Å². The molecule has 11 nitrogen and oxygen atoms in total. The molecule has 0 spiro atoms. The summed E-state index contributed by atoms with van der Waals surface area (Å²) in [5.41, 5.74) is 5.45. The molecule has 5 rings (SSSR count). The van der Waals surface area contributed by atoms with Gasteiger partial charge in [-0.2, -0.15) is 0 Å². The molecule has 5 atom stereocenters. The normalized spacial score (nSPS) is 29.0. The van der Waals surface area contributed by atoms with Crippen LogP contribution in [0.15, 0.2) is 39.4 Å². The highest BCUT2D eigenvalue weighted by molar-refractivity contribution is 7.88. The van der Waals surface area contributed by atoms with Gasteiger partial charge in [0.2, 0.25) is 21.8 Å². The van der Waals surface area contributed by atoms with Crippen molar-refractivity contribution in [3.8, 4) is 0 Å². The number of sulfonamides is 1. The summed E-state index contributed by atoms with van der Waals surface area (Å²) in [5.74, 6) is 1.96. The van der Waals surface area contributed by atoms with E-state index in [2.05, 4.69) is 63.3 Å². The summed E-state index contributed by atoms with van der Waals surface area (Å²) in [4.78, 5) is 26.9. The van der Waals surface area contributed by atoms with Crippen LogP contribution < -0.4 is 5.43 Å². The Hall–Kier alpha value is -2.83. The molecule has 1 aromatic rings. The molecular weight excluding hydrogens is 590 g/mol. The minimum absolute atomic E-state index is 0.0231.